The van der Waals surface area contributed by atoms with Crippen LogP contribution in [0.25, 0.3) is 22.0 Å². The van der Waals surface area contributed by atoms with Crippen LogP contribution in [0.4, 0.5) is 0 Å². The van der Waals surface area contributed by atoms with E-state index in [2.05, 4.69) is 11.6 Å². The number of fused-ring (bicyclic) bond motifs is 1. The van der Waals surface area contributed by atoms with E-state index in [0.29, 0.717) is 27.8 Å². The number of benzene rings is 2. The lowest BCUT2D eigenvalue weighted by molar-refractivity contribution is 0.0509. The van der Waals surface area contributed by atoms with Crippen molar-refractivity contribution >= 4 is 28.4 Å². The molecule has 3 aromatic heterocycles. The first kappa shape index (κ1) is 31.0. The van der Waals surface area contributed by atoms with Gasteiger partial charge in [0.15, 0.2) is 0 Å². The zero-order valence-electron chi connectivity index (χ0n) is 25.6. The lowest BCUT2D eigenvalue weighted by atomic mass is 9.96. The summed E-state index contributed by atoms with van der Waals surface area (Å²) in [6, 6.07) is 20.7. The molecule has 0 fully saturated rings. The second-order valence-electron chi connectivity index (χ2n) is 11.7. The Bertz CT molecular complexity index is 1870. The monoisotopic (exact) mass is 609 g/mol. The van der Waals surface area contributed by atoms with Crippen LogP contribution < -0.4 is 0 Å². The molecule has 0 saturated carbocycles. The van der Waals surface area contributed by atoms with Crippen LogP contribution >= 0.6 is 11.6 Å². The Morgan fingerprint density at radius 2 is 1.80 bits per heavy atom. The van der Waals surface area contributed by atoms with E-state index in [1.54, 1.807) is 37.1 Å². The molecule has 0 spiro atoms. The van der Waals surface area contributed by atoms with Crippen LogP contribution in [-0.4, -0.2) is 31.0 Å². The third-order valence-electron chi connectivity index (χ3n) is 7.97. The highest BCUT2D eigenvalue weighted by molar-refractivity contribution is 6.31. The number of allylic oxidation sites excluding steroid dienone is 1. The molecule has 0 bridgehead atoms. The number of rotatable bonds is 9. The van der Waals surface area contributed by atoms with Gasteiger partial charge in [-0.2, -0.15) is 0 Å². The number of carbonyl (C=O) groups is 1. The highest BCUT2D eigenvalue weighted by Crippen LogP contribution is 2.31. The molecule has 2 aromatic carbocycles. The van der Waals surface area contributed by atoms with Gasteiger partial charge < -0.3 is 19.5 Å². The Morgan fingerprint density at radius 3 is 2.48 bits per heavy atom. The van der Waals surface area contributed by atoms with E-state index in [4.69, 9.17) is 21.0 Å². The fourth-order valence-corrected chi connectivity index (χ4v) is 5.37. The first-order valence-electron chi connectivity index (χ1n) is 14.4. The molecular formula is C36H36ClN3O4. The van der Waals surface area contributed by atoms with Gasteiger partial charge in [-0.1, -0.05) is 67.6 Å². The number of pyridine rings is 2. The number of aliphatic hydroxyl groups is 2. The van der Waals surface area contributed by atoms with Crippen molar-refractivity contribution in [2.75, 3.05) is 0 Å². The zero-order valence-corrected chi connectivity index (χ0v) is 26.3. The summed E-state index contributed by atoms with van der Waals surface area (Å²) < 4.78 is 5.96. The van der Waals surface area contributed by atoms with E-state index in [-0.39, 0.29) is 30.7 Å². The first-order chi connectivity index (χ1) is 20.8. The second kappa shape index (κ2) is 12.3. The van der Waals surface area contributed by atoms with E-state index in [1.807, 2.05) is 75.4 Å². The van der Waals surface area contributed by atoms with E-state index in [1.165, 1.54) is 0 Å². The fraction of sp³-hybridized carbons (Fsp3) is 0.250. The predicted molar refractivity (Wildman–Crippen MR) is 174 cm³/mol. The number of aryl methyl sites for hydroxylation is 1. The van der Waals surface area contributed by atoms with Gasteiger partial charge in [0.2, 0.25) is 0 Å². The number of aliphatic hydroxyl groups excluding tert-OH is 1. The second-order valence-corrected chi connectivity index (χ2v) is 12.1. The van der Waals surface area contributed by atoms with Gasteiger partial charge in [0.25, 0.3) is 5.91 Å². The van der Waals surface area contributed by atoms with E-state index in [0.717, 1.165) is 38.9 Å². The molecule has 3 heterocycles. The molecule has 44 heavy (non-hydrogen) atoms. The molecule has 7 nitrogen and oxygen atoms in total. The molecule has 1 amide bonds. The average molecular weight is 610 g/mol. The normalized spacial score (nSPS) is 12.3. The van der Waals surface area contributed by atoms with Crippen molar-refractivity contribution < 1.29 is 19.4 Å². The van der Waals surface area contributed by atoms with Gasteiger partial charge in [0.05, 0.1) is 40.6 Å². The largest absolute Gasteiger partial charge is 0.512 e. The molecule has 5 aromatic rings. The van der Waals surface area contributed by atoms with Crippen LogP contribution in [0.1, 0.15) is 71.1 Å². The number of carbonyl (C=O) groups excluding carboxylic acids is 1. The molecule has 1 unspecified atom stereocenters. The van der Waals surface area contributed by atoms with Crippen LogP contribution in [-0.2, 0) is 18.7 Å². The van der Waals surface area contributed by atoms with E-state index < -0.39 is 5.60 Å². The van der Waals surface area contributed by atoms with Crippen molar-refractivity contribution in [2.24, 2.45) is 0 Å². The minimum absolute atomic E-state index is 0.0945. The standard InChI is InChI=1S/C36H36ClN3O4/c1-21-23(3)39-31-13-8-7-12-29(31)34(21)35(42)40(19-28-14-15-33(44-28)36(5,6)43)20-32-30(37)17-27(18-38-32)26-11-9-10-25(16-26)22(2)24(4)41/h7-18,22,41,43H,4,19-20H2,1-3,5-6H3. The van der Waals surface area contributed by atoms with Crippen LogP contribution in [0.2, 0.25) is 5.02 Å². The lowest BCUT2D eigenvalue weighted by Crippen LogP contribution is -2.31. The Balaban J connectivity index is 1.53. The van der Waals surface area contributed by atoms with Crippen LogP contribution in [0.15, 0.2) is 89.7 Å². The molecule has 0 radical (unpaired) electrons. The Hall–Kier alpha value is -4.46. The molecule has 0 aliphatic carbocycles. The van der Waals surface area contributed by atoms with Crippen molar-refractivity contribution in [1.82, 2.24) is 14.9 Å². The van der Waals surface area contributed by atoms with Gasteiger partial charge in [0.1, 0.15) is 17.1 Å². The molecule has 1 atom stereocenters. The van der Waals surface area contributed by atoms with Crippen LogP contribution in [0, 0.1) is 13.8 Å². The number of aromatic nitrogens is 2. The molecule has 0 saturated heterocycles. The topological polar surface area (TPSA) is 99.7 Å². The zero-order chi connectivity index (χ0) is 31.8. The number of halogens is 1. The van der Waals surface area contributed by atoms with Crippen LogP contribution in [0.5, 0.6) is 0 Å². The summed E-state index contributed by atoms with van der Waals surface area (Å²) in [5.74, 6) is 0.595. The highest BCUT2D eigenvalue weighted by atomic mass is 35.5. The molecule has 2 N–H and O–H groups in total. The van der Waals surface area contributed by atoms with Gasteiger partial charge in [-0.3, -0.25) is 14.8 Å². The van der Waals surface area contributed by atoms with Gasteiger partial charge in [-0.15, -0.1) is 0 Å². The number of furan rings is 1. The molecule has 0 aliphatic heterocycles. The molecule has 5 rings (SSSR count). The average Bonchev–Trinajstić information content (AvgIpc) is 3.47. The van der Waals surface area contributed by atoms with E-state index >= 15 is 0 Å². The summed E-state index contributed by atoms with van der Waals surface area (Å²) in [6.07, 6.45) is 1.73. The summed E-state index contributed by atoms with van der Waals surface area (Å²) in [5.41, 5.74) is 4.86. The van der Waals surface area contributed by atoms with Gasteiger partial charge in [0, 0.05) is 28.8 Å². The summed E-state index contributed by atoms with van der Waals surface area (Å²) in [7, 11) is 0. The van der Waals surface area contributed by atoms with Gasteiger partial charge in [-0.05, 0) is 68.7 Å². The van der Waals surface area contributed by atoms with Crippen molar-refractivity contribution in [3.63, 3.8) is 0 Å². The Kier molecular flexibility index (Phi) is 8.64. The summed E-state index contributed by atoms with van der Waals surface area (Å²) in [4.78, 5) is 25.4. The smallest absolute Gasteiger partial charge is 0.255 e. The van der Waals surface area contributed by atoms with Crippen LogP contribution in [0.3, 0.4) is 0 Å². The minimum Gasteiger partial charge on any atom is -0.512 e. The van der Waals surface area contributed by atoms with E-state index in [9.17, 15) is 15.0 Å². The predicted octanol–water partition coefficient (Wildman–Crippen LogP) is 8.41. The van der Waals surface area contributed by atoms with Crippen molar-refractivity contribution in [1.29, 1.82) is 0 Å². The molecule has 8 heteroatoms. The fourth-order valence-electron chi connectivity index (χ4n) is 5.14. The third-order valence-corrected chi connectivity index (χ3v) is 8.30. The van der Waals surface area contributed by atoms with Crippen molar-refractivity contribution in [3.8, 4) is 11.1 Å². The Morgan fingerprint density at radius 1 is 1.05 bits per heavy atom. The number of amides is 1. The summed E-state index contributed by atoms with van der Waals surface area (Å²) >= 11 is 6.82. The number of nitrogens with zero attached hydrogens (tertiary/aromatic N) is 3. The SMILES string of the molecule is C=C(O)C(C)c1cccc(-c2cnc(CN(Cc3ccc(C(C)(C)O)o3)C(=O)c3c(C)c(C)nc4ccccc34)c(Cl)c2)c1. The first-order valence-corrected chi connectivity index (χ1v) is 14.8. The quantitative estimate of drug-likeness (QED) is 0.163. The maximum Gasteiger partial charge on any atom is 0.255 e. The Labute approximate surface area is 262 Å². The van der Waals surface area contributed by atoms with Gasteiger partial charge >= 0.3 is 0 Å². The molecule has 0 aliphatic rings. The number of hydrogen-bond acceptors (Lipinski definition) is 6. The third kappa shape index (κ3) is 6.39. The maximum atomic E-state index is 14.4. The lowest BCUT2D eigenvalue weighted by Gasteiger charge is -2.24. The summed E-state index contributed by atoms with van der Waals surface area (Å²) in [5, 5.41) is 21.5. The number of para-hydroxylation sites is 1. The maximum absolute atomic E-state index is 14.4. The number of hydrogen-bond donors (Lipinski definition) is 2. The minimum atomic E-state index is -1.16. The molecular weight excluding hydrogens is 574 g/mol. The highest BCUT2D eigenvalue weighted by Gasteiger charge is 2.26. The molecule has 226 valence electrons. The van der Waals surface area contributed by atoms with Gasteiger partial charge in [-0.25, -0.2) is 0 Å². The summed E-state index contributed by atoms with van der Waals surface area (Å²) in [6.45, 7) is 12.9. The van der Waals surface area contributed by atoms with Crippen molar-refractivity contribution in [2.45, 2.75) is 59.2 Å². The van der Waals surface area contributed by atoms with Crippen molar-refractivity contribution in [3.05, 3.63) is 130 Å².